The van der Waals surface area contributed by atoms with Gasteiger partial charge in [-0.15, -0.1) is 0 Å². The molecule has 0 aliphatic carbocycles. The second-order valence-corrected chi connectivity index (χ2v) is 9.02. The van der Waals surface area contributed by atoms with E-state index in [1.807, 2.05) is 13.8 Å². The number of hydrogen-bond donors (Lipinski definition) is 0. The summed E-state index contributed by atoms with van der Waals surface area (Å²) in [6.07, 6.45) is 2.71. The minimum atomic E-state index is -3.40. The summed E-state index contributed by atoms with van der Waals surface area (Å²) in [5.41, 5.74) is -0.162. The van der Waals surface area contributed by atoms with E-state index in [0.29, 0.717) is 18.9 Å². The fraction of sp³-hybridized carbons (Fsp3) is 0.800. The Morgan fingerprint density at radius 3 is 2.60 bits per heavy atom. The molecule has 1 aliphatic rings. The molecule has 2 heterocycles. The number of nitrogens with zero attached hydrogens (tertiary/aromatic N) is 5. The standard InChI is InChI=1S/C15H27N5O4S/c1-11(2)20-14(16-18(4)15(20)22)12-7-6-8-19(9-12)13(21)10-17(3)25(5,23)24/h11-12H,6-10H2,1-5H3. The molecule has 1 aromatic rings. The predicted octanol–water partition coefficient (Wildman–Crippen LogP) is -0.240. The Kier molecular flexibility index (Phi) is 5.72. The Labute approximate surface area is 148 Å². The Bertz CT molecular complexity index is 795. The second kappa shape index (κ2) is 7.28. The SMILES string of the molecule is CC(C)n1c(C2CCCN(C(=O)CN(C)S(C)(=O)=O)C2)nn(C)c1=O. The number of sulfonamides is 1. The third-order valence-electron chi connectivity index (χ3n) is 4.56. The van der Waals surface area contributed by atoms with Crippen molar-refractivity contribution in [1.29, 1.82) is 0 Å². The maximum atomic E-state index is 12.4. The maximum Gasteiger partial charge on any atom is 0.345 e. The van der Waals surface area contributed by atoms with Crippen molar-refractivity contribution in [2.24, 2.45) is 7.05 Å². The van der Waals surface area contributed by atoms with Crippen molar-refractivity contribution in [3.05, 3.63) is 16.3 Å². The highest BCUT2D eigenvalue weighted by Crippen LogP contribution is 2.26. The number of carbonyl (C=O) groups excluding carboxylic acids is 1. The molecule has 0 saturated carbocycles. The van der Waals surface area contributed by atoms with Crippen LogP contribution in [0.15, 0.2) is 4.79 Å². The van der Waals surface area contributed by atoms with Crippen LogP contribution >= 0.6 is 0 Å². The van der Waals surface area contributed by atoms with Crippen LogP contribution in [0.2, 0.25) is 0 Å². The van der Waals surface area contributed by atoms with Crippen molar-refractivity contribution < 1.29 is 13.2 Å². The van der Waals surface area contributed by atoms with E-state index < -0.39 is 10.0 Å². The van der Waals surface area contributed by atoms with Gasteiger partial charge in [0.05, 0.1) is 12.8 Å². The van der Waals surface area contributed by atoms with E-state index in [-0.39, 0.29) is 30.1 Å². The molecule has 1 amide bonds. The molecular formula is C15H27N5O4S. The summed E-state index contributed by atoms with van der Waals surface area (Å²) >= 11 is 0. The summed E-state index contributed by atoms with van der Waals surface area (Å²) in [6, 6.07) is -0.0151. The van der Waals surface area contributed by atoms with E-state index in [0.717, 1.165) is 23.4 Å². The zero-order valence-corrected chi connectivity index (χ0v) is 16.3. The number of amides is 1. The lowest BCUT2D eigenvalue weighted by Crippen LogP contribution is -2.45. The molecule has 10 heteroatoms. The lowest BCUT2D eigenvalue weighted by molar-refractivity contribution is -0.132. The van der Waals surface area contributed by atoms with Gasteiger partial charge >= 0.3 is 5.69 Å². The van der Waals surface area contributed by atoms with Crippen LogP contribution in [-0.4, -0.2) is 70.8 Å². The Balaban J connectivity index is 2.18. The van der Waals surface area contributed by atoms with Crippen LogP contribution in [-0.2, 0) is 21.9 Å². The number of hydrogen-bond acceptors (Lipinski definition) is 5. The average molecular weight is 373 g/mol. The topological polar surface area (TPSA) is 97.5 Å². The molecule has 2 rings (SSSR count). The van der Waals surface area contributed by atoms with Gasteiger partial charge in [0, 0.05) is 39.1 Å². The molecular weight excluding hydrogens is 346 g/mol. The number of aryl methyl sites for hydroxylation is 1. The molecule has 142 valence electrons. The normalized spacial score (nSPS) is 19.0. The van der Waals surface area contributed by atoms with Crippen molar-refractivity contribution in [2.45, 2.75) is 38.6 Å². The third kappa shape index (κ3) is 4.30. The van der Waals surface area contributed by atoms with E-state index in [1.165, 1.54) is 11.7 Å². The molecule has 0 spiro atoms. The van der Waals surface area contributed by atoms with E-state index in [2.05, 4.69) is 5.10 Å². The van der Waals surface area contributed by atoms with E-state index in [1.54, 1.807) is 16.5 Å². The zero-order chi connectivity index (χ0) is 18.9. The summed E-state index contributed by atoms with van der Waals surface area (Å²) < 4.78 is 27.0. The third-order valence-corrected chi connectivity index (χ3v) is 5.82. The van der Waals surface area contributed by atoms with Crippen LogP contribution in [0.25, 0.3) is 0 Å². The summed E-state index contributed by atoms with van der Waals surface area (Å²) in [4.78, 5) is 26.4. The molecule has 1 unspecified atom stereocenters. The molecule has 1 aliphatic heterocycles. The summed E-state index contributed by atoms with van der Waals surface area (Å²) in [6.45, 7) is 4.72. The van der Waals surface area contributed by atoms with Crippen LogP contribution in [0.4, 0.5) is 0 Å². The van der Waals surface area contributed by atoms with Crippen molar-refractivity contribution in [2.75, 3.05) is 32.9 Å². The first kappa shape index (κ1) is 19.6. The monoisotopic (exact) mass is 373 g/mol. The Hall–Kier alpha value is -1.68. The van der Waals surface area contributed by atoms with Gasteiger partial charge in [0.2, 0.25) is 15.9 Å². The zero-order valence-electron chi connectivity index (χ0n) is 15.5. The van der Waals surface area contributed by atoms with Gasteiger partial charge in [-0.3, -0.25) is 9.36 Å². The molecule has 1 aromatic heterocycles. The van der Waals surface area contributed by atoms with Crippen LogP contribution in [0.1, 0.15) is 44.5 Å². The minimum absolute atomic E-state index is 0.0151. The van der Waals surface area contributed by atoms with Gasteiger partial charge in [0.1, 0.15) is 5.82 Å². The number of rotatable bonds is 5. The number of carbonyl (C=O) groups is 1. The molecule has 9 nitrogen and oxygen atoms in total. The lowest BCUT2D eigenvalue weighted by Gasteiger charge is -2.33. The fourth-order valence-electron chi connectivity index (χ4n) is 3.08. The van der Waals surface area contributed by atoms with Crippen molar-refractivity contribution >= 4 is 15.9 Å². The summed E-state index contributed by atoms with van der Waals surface area (Å²) in [5, 5.41) is 4.37. The van der Waals surface area contributed by atoms with Gasteiger partial charge in [-0.05, 0) is 26.7 Å². The molecule has 1 saturated heterocycles. The Morgan fingerprint density at radius 2 is 2.04 bits per heavy atom. The Morgan fingerprint density at radius 1 is 1.40 bits per heavy atom. The van der Waals surface area contributed by atoms with Crippen LogP contribution < -0.4 is 5.69 Å². The van der Waals surface area contributed by atoms with Crippen LogP contribution in [0.5, 0.6) is 0 Å². The molecule has 1 fully saturated rings. The van der Waals surface area contributed by atoms with E-state index >= 15 is 0 Å². The number of piperidine rings is 1. The minimum Gasteiger partial charge on any atom is -0.341 e. The highest BCUT2D eigenvalue weighted by molar-refractivity contribution is 7.88. The number of likely N-dealkylation sites (N-methyl/N-ethyl adjacent to an activating group) is 1. The largest absolute Gasteiger partial charge is 0.345 e. The lowest BCUT2D eigenvalue weighted by atomic mass is 9.96. The van der Waals surface area contributed by atoms with Crippen LogP contribution in [0.3, 0.4) is 0 Å². The predicted molar refractivity (Wildman–Crippen MR) is 93.9 cm³/mol. The van der Waals surface area contributed by atoms with Gasteiger partial charge in [0.15, 0.2) is 0 Å². The van der Waals surface area contributed by atoms with Gasteiger partial charge < -0.3 is 4.90 Å². The van der Waals surface area contributed by atoms with Gasteiger partial charge in [-0.2, -0.15) is 9.40 Å². The summed E-state index contributed by atoms with van der Waals surface area (Å²) in [5.74, 6) is 0.431. The first-order valence-corrected chi connectivity index (χ1v) is 10.2. The highest BCUT2D eigenvalue weighted by Gasteiger charge is 2.30. The summed E-state index contributed by atoms with van der Waals surface area (Å²) in [7, 11) is -0.383. The second-order valence-electron chi connectivity index (χ2n) is 6.93. The quantitative estimate of drug-likeness (QED) is 0.710. The average Bonchev–Trinajstić information content (AvgIpc) is 2.82. The van der Waals surface area contributed by atoms with Crippen molar-refractivity contribution in [3.8, 4) is 0 Å². The molecule has 25 heavy (non-hydrogen) atoms. The van der Waals surface area contributed by atoms with E-state index in [9.17, 15) is 18.0 Å². The fourth-order valence-corrected chi connectivity index (χ4v) is 3.43. The highest BCUT2D eigenvalue weighted by atomic mass is 32.2. The number of aromatic nitrogens is 3. The number of likely N-dealkylation sites (tertiary alicyclic amines) is 1. The van der Waals surface area contributed by atoms with Gasteiger partial charge in [0.25, 0.3) is 0 Å². The first-order chi connectivity index (χ1) is 11.5. The first-order valence-electron chi connectivity index (χ1n) is 8.37. The van der Waals surface area contributed by atoms with Gasteiger partial charge in [-0.25, -0.2) is 17.9 Å². The molecule has 1 atom stereocenters. The van der Waals surface area contributed by atoms with Gasteiger partial charge in [-0.1, -0.05) is 0 Å². The maximum absolute atomic E-state index is 12.4. The smallest absolute Gasteiger partial charge is 0.341 e. The van der Waals surface area contributed by atoms with Crippen LogP contribution in [0, 0.1) is 0 Å². The molecule has 0 bridgehead atoms. The molecule has 0 N–H and O–H groups in total. The van der Waals surface area contributed by atoms with E-state index in [4.69, 9.17) is 0 Å². The molecule has 0 aromatic carbocycles. The van der Waals surface area contributed by atoms with Crippen molar-refractivity contribution in [3.63, 3.8) is 0 Å². The van der Waals surface area contributed by atoms with Crippen molar-refractivity contribution in [1.82, 2.24) is 23.6 Å². The molecule has 0 radical (unpaired) electrons.